The maximum Gasteiger partial charge on any atom is 0.243 e. The van der Waals surface area contributed by atoms with Gasteiger partial charge in [-0.1, -0.05) is 25.3 Å². The largest absolute Gasteiger partial charge is 0.350 e. The first-order valence-electron chi connectivity index (χ1n) is 8.32. The van der Waals surface area contributed by atoms with Crippen LogP contribution in [-0.4, -0.2) is 35.8 Å². The Balaban J connectivity index is 1.69. The SMILES string of the molecule is N#CCC(=O)N1CCC(NC(=O)/C=C/C2CCCCC2)CC1. The van der Waals surface area contributed by atoms with Crippen LogP contribution in [0.4, 0.5) is 0 Å². The monoisotopic (exact) mass is 303 g/mol. The summed E-state index contributed by atoms with van der Waals surface area (Å²) in [5.74, 6) is 0.432. The number of allylic oxidation sites excluding steroid dienone is 1. The van der Waals surface area contributed by atoms with E-state index in [0.717, 1.165) is 12.8 Å². The summed E-state index contributed by atoms with van der Waals surface area (Å²) in [6.07, 6.45) is 11.5. The lowest BCUT2D eigenvalue weighted by atomic mass is 9.89. The smallest absolute Gasteiger partial charge is 0.243 e. The van der Waals surface area contributed by atoms with Crippen LogP contribution in [0.15, 0.2) is 12.2 Å². The second kappa shape index (κ2) is 8.57. The summed E-state index contributed by atoms with van der Waals surface area (Å²) in [4.78, 5) is 25.3. The van der Waals surface area contributed by atoms with Gasteiger partial charge in [0.25, 0.3) is 0 Å². The van der Waals surface area contributed by atoms with Gasteiger partial charge >= 0.3 is 0 Å². The molecule has 1 heterocycles. The van der Waals surface area contributed by atoms with E-state index in [-0.39, 0.29) is 24.3 Å². The summed E-state index contributed by atoms with van der Waals surface area (Å²) in [5.41, 5.74) is 0. The average Bonchev–Trinajstić information content (AvgIpc) is 2.55. The molecule has 0 radical (unpaired) electrons. The van der Waals surface area contributed by atoms with Crippen molar-refractivity contribution in [3.63, 3.8) is 0 Å². The minimum absolute atomic E-state index is 0.0209. The second-order valence-electron chi connectivity index (χ2n) is 6.26. The van der Waals surface area contributed by atoms with Crippen molar-refractivity contribution < 1.29 is 9.59 Å². The quantitative estimate of drug-likeness (QED) is 0.809. The molecule has 22 heavy (non-hydrogen) atoms. The lowest BCUT2D eigenvalue weighted by molar-refractivity contribution is -0.131. The highest BCUT2D eigenvalue weighted by Crippen LogP contribution is 2.24. The van der Waals surface area contributed by atoms with Crippen molar-refractivity contribution in [3.05, 3.63) is 12.2 Å². The Morgan fingerprint density at radius 2 is 1.82 bits per heavy atom. The molecule has 2 fully saturated rings. The molecule has 2 amide bonds. The topological polar surface area (TPSA) is 73.2 Å². The van der Waals surface area contributed by atoms with E-state index in [4.69, 9.17) is 5.26 Å². The lowest BCUT2D eigenvalue weighted by Crippen LogP contribution is -2.46. The Bertz CT molecular complexity index is 453. The summed E-state index contributed by atoms with van der Waals surface area (Å²) in [6.45, 7) is 1.25. The summed E-state index contributed by atoms with van der Waals surface area (Å²) >= 11 is 0. The third-order valence-corrected chi connectivity index (χ3v) is 4.59. The number of likely N-dealkylation sites (tertiary alicyclic amines) is 1. The highest BCUT2D eigenvalue weighted by molar-refractivity contribution is 5.87. The van der Waals surface area contributed by atoms with E-state index < -0.39 is 0 Å². The van der Waals surface area contributed by atoms with Gasteiger partial charge in [0.05, 0.1) is 6.07 Å². The van der Waals surface area contributed by atoms with E-state index in [2.05, 4.69) is 11.4 Å². The van der Waals surface area contributed by atoms with E-state index in [1.807, 2.05) is 6.07 Å². The summed E-state index contributed by atoms with van der Waals surface area (Å²) in [7, 11) is 0. The normalized spacial score (nSPS) is 20.8. The summed E-state index contributed by atoms with van der Waals surface area (Å²) < 4.78 is 0. The molecule has 0 unspecified atom stereocenters. The maximum atomic E-state index is 12.0. The molecule has 0 atom stereocenters. The van der Waals surface area contributed by atoms with Gasteiger partial charge in [-0.05, 0) is 37.7 Å². The molecule has 1 saturated heterocycles. The summed E-state index contributed by atoms with van der Waals surface area (Å²) in [5, 5.41) is 11.6. The van der Waals surface area contributed by atoms with Crippen molar-refractivity contribution in [1.29, 1.82) is 5.26 Å². The number of rotatable bonds is 4. The molecule has 2 rings (SSSR count). The van der Waals surface area contributed by atoms with Crippen molar-refractivity contribution in [1.82, 2.24) is 10.2 Å². The lowest BCUT2D eigenvalue weighted by Gasteiger charge is -2.31. The number of hydrogen-bond donors (Lipinski definition) is 1. The second-order valence-corrected chi connectivity index (χ2v) is 6.26. The molecule has 0 aromatic rings. The number of nitrogens with one attached hydrogen (secondary N) is 1. The zero-order chi connectivity index (χ0) is 15.8. The minimum atomic E-state index is -0.107. The average molecular weight is 303 g/mol. The van der Waals surface area contributed by atoms with Gasteiger partial charge in [-0.15, -0.1) is 0 Å². The Morgan fingerprint density at radius 3 is 2.45 bits per heavy atom. The van der Waals surface area contributed by atoms with Gasteiger partial charge in [0, 0.05) is 19.1 Å². The molecular weight excluding hydrogens is 278 g/mol. The van der Waals surface area contributed by atoms with Crippen LogP contribution in [0.2, 0.25) is 0 Å². The zero-order valence-electron chi connectivity index (χ0n) is 13.1. The van der Waals surface area contributed by atoms with Crippen LogP contribution in [0.25, 0.3) is 0 Å². The fourth-order valence-corrected chi connectivity index (χ4v) is 3.25. The van der Waals surface area contributed by atoms with Gasteiger partial charge in [0.2, 0.25) is 11.8 Å². The van der Waals surface area contributed by atoms with Crippen molar-refractivity contribution in [3.8, 4) is 6.07 Å². The molecule has 2 aliphatic rings. The molecule has 0 spiro atoms. The molecule has 0 bridgehead atoms. The Kier molecular flexibility index (Phi) is 6.45. The number of amides is 2. The van der Waals surface area contributed by atoms with Crippen LogP contribution in [0.5, 0.6) is 0 Å². The first-order valence-corrected chi connectivity index (χ1v) is 8.32. The number of piperidine rings is 1. The fourth-order valence-electron chi connectivity index (χ4n) is 3.25. The Hall–Kier alpha value is -1.83. The third-order valence-electron chi connectivity index (χ3n) is 4.59. The van der Waals surface area contributed by atoms with Gasteiger partial charge < -0.3 is 10.2 Å². The molecule has 5 heteroatoms. The molecule has 0 aromatic heterocycles. The van der Waals surface area contributed by atoms with E-state index in [1.54, 1.807) is 11.0 Å². The summed E-state index contributed by atoms with van der Waals surface area (Å²) in [6, 6.07) is 2.02. The predicted molar refractivity (Wildman–Crippen MR) is 83.7 cm³/mol. The number of hydrogen-bond acceptors (Lipinski definition) is 3. The number of carbonyl (C=O) groups excluding carboxylic acids is 2. The first-order chi connectivity index (χ1) is 10.7. The van der Waals surface area contributed by atoms with Gasteiger partial charge in [0.15, 0.2) is 0 Å². The highest BCUT2D eigenvalue weighted by atomic mass is 16.2. The van der Waals surface area contributed by atoms with Crippen LogP contribution in [0.3, 0.4) is 0 Å². The molecule has 1 N–H and O–H groups in total. The molecule has 120 valence electrons. The molecule has 0 aromatic carbocycles. The molecule has 1 aliphatic heterocycles. The first kappa shape index (κ1) is 16.5. The van der Waals surface area contributed by atoms with Crippen molar-refractivity contribution in [2.24, 2.45) is 5.92 Å². The van der Waals surface area contributed by atoms with Crippen LogP contribution < -0.4 is 5.32 Å². The molecule has 5 nitrogen and oxygen atoms in total. The van der Waals surface area contributed by atoms with Crippen LogP contribution in [0.1, 0.15) is 51.4 Å². The number of nitriles is 1. The van der Waals surface area contributed by atoms with Crippen molar-refractivity contribution >= 4 is 11.8 Å². The molecule has 1 aliphatic carbocycles. The Labute approximate surface area is 132 Å². The fraction of sp³-hybridized carbons (Fsp3) is 0.706. The van der Waals surface area contributed by atoms with Gasteiger partial charge in [-0.3, -0.25) is 9.59 Å². The van der Waals surface area contributed by atoms with Crippen LogP contribution >= 0.6 is 0 Å². The van der Waals surface area contributed by atoms with Crippen molar-refractivity contribution in [2.45, 2.75) is 57.4 Å². The van der Waals surface area contributed by atoms with Gasteiger partial charge in [-0.25, -0.2) is 0 Å². The highest BCUT2D eigenvalue weighted by Gasteiger charge is 2.23. The predicted octanol–water partition coefficient (Wildman–Crippen LogP) is 2.14. The van der Waals surface area contributed by atoms with E-state index in [1.165, 1.54) is 32.1 Å². The number of nitrogens with zero attached hydrogens (tertiary/aromatic N) is 2. The van der Waals surface area contributed by atoms with Gasteiger partial charge in [0.1, 0.15) is 6.42 Å². The Morgan fingerprint density at radius 1 is 1.14 bits per heavy atom. The van der Waals surface area contributed by atoms with Gasteiger partial charge in [-0.2, -0.15) is 5.26 Å². The third kappa shape index (κ3) is 5.18. The maximum absolute atomic E-state index is 12.0. The zero-order valence-corrected chi connectivity index (χ0v) is 13.1. The molecule has 1 saturated carbocycles. The van der Waals surface area contributed by atoms with Crippen LogP contribution in [0, 0.1) is 17.2 Å². The number of carbonyl (C=O) groups is 2. The minimum Gasteiger partial charge on any atom is -0.350 e. The van der Waals surface area contributed by atoms with E-state index >= 15 is 0 Å². The van der Waals surface area contributed by atoms with E-state index in [9.17, 15) is 9.59 Å². The van der Waals surface area contributed by atoms with Crippen LogP contribution in [-0.2, 0) is 9.59 Å². The van der Waals surface area contributed by atoms with E-state index in [0.29, 0.717) is 19.0 Å². The molecular formula is C17H25N3O2. The standard InChI is InChI=1S/C17H25N3O2/c18-11-8-17(22)20-12-9-15(10-13-20)19-16(21)7-6-14-4-2-1-3-5-14/h6-7,14-15H,1-5,8-10,12-13H2,(H,19,21)/b7-6+. The van der Waals surface area contributed by atoms with Crippen molar-refractivity contribution in [2.75, 3.05) is 13.1 Å².